The van der Waals surface area contributed by atoms with E-state index in [1.807, 2.05) is 139 Å². The predicted octanol–water partition coefficient (Wildman–Crippen LogP) is 10.3. The van der Waals surface area contributed by atoms with Crippen molar-refractivity contribution in [1.82, 2.24) is 79.8 Å². The molecule has 0 aliphatic heterocycles. The topological polar surface area (TPSA) is 238 Å². The Kier molecular flexibility index (Phi) is 32.6. The lowest BCUT2D eigenvalue weighted by atomic mass is 10.4. The van der Waals surface area contributed by atoms with Gasteiger partial charge in [-0.05, 0) is 79.2 Å². The van der Waals surface area contributed by atoms with E-state index >= 15 is 0 Å². The summed E-state index contributed by atoms with van der Waals surface area (Å²) in [6, 6.07) is 5.72. The van der Waals surface area contributed by atoms with Crippen molar-refractivity contribution in [1.29, 1.82) is 0 Å². The third-order valence-corrected chi connectivity index (χ3v) is 8.64. The average molecular weight is 957 g/mol. The molecule has 0 unspecified atom stereocenters. The van der Waals surface area contributed by atoms with Gasteiger partial charge in [-0.25, -0.2) is 19.9 Å². The lowest BCUT2D eigenvalue weighted by Gasteiger charge is -1.77. The molecule has 0 saturated heterocycles. The van der Waals surface area contributed by atoms with Crippen molar-refractivity contribution >= 4 is 34.0 Å². The minimum absolute atomic E-state index is 0.718. The molecule has 11 heterocycles. The van der Waals surface area contributed by atoms with E-state index in [0.717, 1.165) is 39.4 Å². The number of aromatic nitrogens is 16. The van der Waals surface area contributed by atoms with Crippen LogP contribution in [0.1, 0.15) is 49.9 Å². The van der Waals surface area contributed by atoms with Gasteiger partial charge >= 0.3 is 0 Å². The van der Waals surface area contributed by atoms with Gasteiger partial charge in [0.25, 0.3) is 0 Å². The van der Waals surface area contributed by atoms with Gasteiger partial charge in [0.1, 0.15) is 18.3 Å². The first-order chi connectivity index (χ1) is 31.8. The van der Waals surface area contributed by atoms with Crippen LogP contribution in [0.3, 0.4) is 0 Å². The summed E-state index contributed by atoms with van der Waals surface area (Å²) in [7, 11) is 3.83. The molecule has 0 fully saturated rings. The van der Waals surface area contributed by atoms with Crippen LogP contribution in [0.2, 0.25) is 0 Å². The maximum Gasteiger partial charge on any atom is 0.190 e. The number of imidazole rings is 1. The second-order valence-electron chi connectivity index (χ2n) is 12.7. The van der Waals surface area contributed by atoms with Crippen LogP contribution < -0.4 is 0 Å². The largest absolute Gasteiger partial charge is 0.452 e. The molecule has 0 atom stereocenters. The van der Waals surface area contributed by atoms with Crippen LogP contribution in [0, 0.1) is 62.3 Å². The Balaban J connectivity index is 0.000000363. The van der Waals surface area contributed by atoms with Gasteiger partial charge in [-0.3, -0.25) is 34.9 Å². The molecule has 0 radical (unpaired) electrons. The van der Waals surface area contributed by atoms with E-state index in [9.17, 15) is 0 Å². The lowest BCUT2D eigenvalue weighted by Crippen LogP contribution is -1.83. The molecule has 11 aromatic heterocycles. The Morgan fingerprint density at radius 3 is 1.55 bits per heavy atom. The number of nitrogens with one attached hydrogen (secondary N) is 3. The molecule has 11 aromatic rings. The predicted molar refractivity (Wildman–Crippen MR) is 261 cm³/mol. The summed E-state index contributed by atoms with van der Waals surface area (Å²) in [5.74, 6) is 1.57. The van der Waals surface area contributed by atoms with Crippen LogP contribution in [-0.2, 0) is 14.1 Å². The molecule has 0 bridgehead atoms. The van der Waals surface area contributed by atoms with Crippen LogP contribution in [-0.4, -0.2) is 79.8 Å². The van der Waals surface area contributed by atoms with E-state index in [4.69, 9.17) is 8.83 Å². The summed E-state index contributed by atoms with van der Waals surface area (Å²) in [6.07, 6.45) is 29.0. The molecule has 22 heteroatoms. The normalized spacial score (nSPS) is 8.83. The number of oxazole rings is 3. The smallest absolute Gasteiger partial charge is 0.190 e. The van der Waals surface area contributed by atoms with Crippen LogP contribution in [0.5, 0.6) is 0 Å². The fraction of sp³-hybridized carbons (Fsp3) is 0.250. The monoisotopic (exact) mass is 956 g/mol. The van der Waals surface area contributed by atoms with Gasteiger partial charge in [0.05, 0.1) is 46.6 Å². The highest BCUT2D eigenvalue weighted by atomic mass is 32.1. The second-order valence-corrected chi connectivity index (χ2v) is 15.7. The molecule has 0 aliphatic rings. The summed E-state index contributed by atoms with van der Waals surface area (Å²) in [6.45, 7) is 17.5. The van der Waals surface area contributed by atoms with Gasteiger partial charge in [-0.15, -0.1) is 34.0 Å². The zero-order valence-electron chi connectivity index (χ0n) is 39.1. The summed E-state index contributed by atoms with van der Waals surface area (Å²) < 4.78 is 17.7. The molecule has 0 aliphatic carbocycles. The van der Waals surface area contributed by atoms with Crippen LogP contribution >= 0.6 is 34.0 Å². The van der Waals surface area contributed by atoms with Gasteiger partial charge in [-0.1, -0.05) is 0 Å². The number of H-pyrrole nitrogens is 3. The van der Waals surface area contributed by atoms with E-state index in [-0.39, 0.29) is 0 Å². The molecular weight excluding hydrogens is 897 g/mol. The zero-order chi connectivity index (χ0) is 48.5. The first kappa shape index (κ1) is 56.6. The van der Waals surface area contributed by atoms with E-state index in [0.29, 0.717) is 0 Å². The van der Waals surface area contributed by atoms with Gasteiger partial charge in [0.2, 0.25) is 0 Å². The molecule has 352 valence electrons. The third-order valence-electron chi connectivity index (χ3n) is 6.52. The maximum absolute atomic E-state index is 4.72. The number of hydrogen-bond donors (Lipinski definition) is 3. The van der Waals surface area contributed by atoms with Crippen molar-refractivity contribution in [3.63, 3.8) is 0 Å². The second kappa shape index (κ2) is 38.1. The first-order valence-corrected chi connectivity index (χ1v) is 22.4. The highest BCUT2D eigenvalue weighted by Gasteiger charge is 1.81. The van der Waals surface area contributed by atoms with E-state index in [1.165, 1.54) is 23.2 Å². The number of aromatic amines is 3. The van der Waals surface area contributed by atoms with Crippen LogP contribution in [0.15, 0.2) is 159 Å². The summed E-state index contributed by atoms with van der Waals surface area (Å²) in [4.78, 5) is 27.9. The van der Waals surface area contributed by atoms with Crippen molar-refractivity contribution in [2.75, 3.05) is 0 Å². The summed E-state index contributed by atoms with van der Waals surface area (Å²) in [5.41, 5.74) is 9.08. The highest BCUT2D eigenvalue weighted by molar-refractivity contribution is 7.09. The molecule has 11 rings (SSSR count). The third kappa shape index (κ3) is 36.1. The average Bonchev–Trinajstić information content (AvgIpc) is 4.13. The number of rotatable bonds is 0. The quantitative estimate of drug-likeness (QED) is 0.128. The standard InChI is InChI=1S/5C4H6N2.3C4H5NO.3C4H5NS/c1-4-2-5-6-3-4;1-6-3-2-5-4-6;1-6-4-2-3-5-6;2*1-4-2-3-5-6-4;1-4-2-6-3-5-4;1-4-2-5-3-6-4;1-4-5-2-3-6-4;1-4-2-6-3-5-4;1-4-2-5-3-6-4;1-4-5-2-3-6-4/h2-3H,1H3,(H,5,6);2*2-4H,1H3;2*2-3H,1H3,(H,5,6);6*2-3H,1H3. The number of thiazole rings is 3. The molecule has 3 N–H and O–H groups in total. The molecule has 0 saturated carbocycles. The molecule has 66 heavy (non-hydrogen) atoms. The number of aryl methyl sites for hydroxylation is 11. The summed E-state index contributed by atoms with van der Waals surface area (Å²) >= 11 is 4.96. The Bertz CT molecular complexity index is 1840. The van der Waals surface area contributed by atoms with Crippen molar-refractivity contribution in [3.05, 3.63) is 196 Å². The van der Waals surface area contributed by atoms with Crippen molar-refractivity contribution < 1.29 is 13.3 Å². The highest BCUT2D eigenvalue weighted by Crippen LogP contribution is 2.00. The molecule has 0 aromatic carbocycles. The minimum Gasteiger partial charge on any atom is -0.452 e. The SMILES string of the molecule is Cc1ccn[nH]1.Cc1ccn[nH]1.Cc1cn[nH]c1.Cc1cnco1.Cc1cncs1.Cc1cocn1.Cc1cscn1.Cc1ncco1.Cc1nccs1.Cn1cccn1.Cn1ccnc1. The fourth-order valence-corrected chi connectivity index (χ4v) is 4.73. The van der Waals surface area contributed by atoms with Crippen LogP contribution in [0.4, 0.5) is 0 Å². The van der Waals surface area contributed by atoms with Gasteiger partial charge in [0, 0.05) is 110 Å². The van der Waals surface area contributed by atoms with E-state index in [1.54, 1.807) is 114 Å². The lowest BCUT2D eigenvalue weighted by molar-refractivity contribution is 0.521. The van der Waals surface area contributed by atoms with E-state index < -0.39 is 0 Å². The Hall–Kier alpha value is -7.43. The van der Waals surface area contributed by atoms with E-state index in [2.05, 4.69) is 75.0 Å². The number of nitrogens with zero attached hydrogens (tertiary/aromatic N) is 13. The maximum atomic E-state index is 4.72. The zero-order valence-corrected chi connectivity index (χ0v) is 41.6. The minimum atomic E-state index is 0.718. The molecule has 0 spiro atoms. The Morgan fingerprint density at radius 1 is 0.636 bits per heavy atom. The Morgan fingerprint density at radius 2 is 1.39 bits per heavy atom. The van der Waals surface area contributed by atoms with Gasteiger partial charge in [0.15, 0.2) is 18.7 Å². The molecular formula is C44H60N16O3S3. The molecule has 19 nitrogen and oxygen atoms in total. The van der Waals surface area contributed by atoms with Crippen LogP contribution in [0.25, 0.3) is 0 Å². The van der Waals surface area contributed by atoms with Gasteiger partial charge < -0.3 is 17.8 Å². The fourth-order valence-electron chi connectivity index (χ4n) is 3.33. The van der Waals surface area contributed by atoms with Crippen molar-refractivity contribution in [3.8, 4) is 0 Å². The number of hydrogen-bond acceptors (Lipinski definition) is 17. The summed E-state index contributed by atoms with van der Waals surface area (Å²) in [5, 5.41) is 28.2. The van der Waals surface area contributed by atoms with Gasteiger partial charge in [-0.2, -0.15) is 20.4 Å². The van der Waals surface area contributed by atoms with Crippen molar-refractivity contribution in [2.45, 2.75) is 62.3 Å². The first-order valence-electron chi connectivity index (χ1n) is 19.7. The van der Waals surface area contributed by atoms with Crippen molar-refractivity contribution in [2.24, 2.45) is 14.1 Å². The molecule has 0 amide bonds. The Labute approximate surface area is 397 Å².